The number of ether oxygens (including phenoxy) is 1. The summed E-state index contributed by atoms with van der Waals surface area (Å²) in [5.74, 6) is -1.17. The number of hydrogen-bond donors (Lipinski definition) is 1. The summed E-state index contributed by atoms with van der Waals surface area (Å²) in [7, 11) is 0. The highest BCUT2D eigenvalue weighted by Crippen LogP contribution is 2.32. The van der Waals surface area contributed by atoms with Crippen molar-refractivity contribution in [2.24, 2.45) is 0 Å². The van der Waals surface area contributed by atoms with Crippen LogP contribution in [-0.2, 0) is 0 Å². The van der Waals surface area contributed by atoms with Gasteiger partial charge in [-0.25, -0.2) is 4.79 Å². The summed E-state index contributed by atoms with van der Waals surface area (Å²) in [5, 5.41) is 20.4. The van der Waals surface area contributed by atoms with E-state index in [4.69, 9.17) is 33.0 Å². The molecule has 0 atom stereocenters. The van der Waals surface area contributed by atoms with Gasteiger partial charge in [0.15, 0.2) is 0 Å². The van der Waals surface area contributed by atoms with Crippen LogP contribution in [0.3, 0.4) is 0 Å². The van der Waals surface area contributed by atoms with Gasteiger partial charge >= 0.3 is 5.97 Å². The minimum absolute atomic E-state index is 0.0496. The van der Waals surface area contributed by atoms with E-state index in [0.717, 1.165) is 12.1 Å². The molecule has 2 aromatic carbocycles. The number of nitro benzene ring substituents is 1. The average Bonchev–Trinajstić information content (AvgIpc) is 2.37. The fourth-order valence-corrected chi connectivity index (χ4v) is 2.11. The monoisotopic (exact) mass is 327 g/mol. The largest absolute Gasteiger partial charge is 0.478 e. The van der Waals surface area contributed by atoms with Crippen LogP contribution in [-0.4, -0.2) is 16.0 Å². The molecule has 0 aliphatic carbocycles. The predicted octanol–water partition coefficient (Wildman–Crippen LogP) is 4.39. The van der Waals surface area contributed by atoms with Crippen molar-refractivity contribution in [2.45, 2.75) is 0 Å². The Hall–Kier alpha value is -2.31. The molecule has 2 rings (SSSR count). The maximum atomic E-state index is 11.2. The lowest BCUT2D eigenvalue weighted by Gasteiger charge is -2.09. The molecule has 0 unspecified atom stereocenters. The number of benzene rings is 2. The van der Waals surface area contributed by atoms with Crippen LogP contribution in [0.4, 0.5) is 5.69 Å². The molecule has 108 valence electrons. The van der Waals surface area contributed by atoms with Crippen molar-refractivity contribution >= 4 is 34.9 Å². The van der Waals surface area contributed by atoms with Crippen LogP contribution < -0.4 is 4.74 Å². The van der Waals surface area contributed by atoms with Crippen molar-refractivity contribution in [1.29, 1.82) is 0 Å². The molecular formula is C13H7Cl2NO5. The molecule has 0 heterocycles. The highest BCUT2D eigenvalue weighted by Gasteiger charge is 2.17. The molecule has 0 fully saturated rings. The van der Waals surface area contributed by atoms with Gasteiger partial charge in [0.25, 0.3) is 5.69 Å². The Morgan fingerprint density at radius 3 is 2.29 bits per heavy atom. The number of carbonyl (C=O) groups is 1. The van der Waals surface area contributed by atoms with Gasteiger partial charge in [0.05, 0.1) is 4.92 Å². The van der Waals surface area contributed by atoms with Gasteiger partial charge in [-0.2, -0.15) is 0 Å². The molecule has 0 bridgehead atoms. The second kappa shape index (κ2) is 5.99. The topological polar surface area (TPSA) is 89.7 Å². The third kappa shape index (κ3) is 3.62. The van der Waals surface area contributed by atoms with Gasteiger partial charge in [-0.3, -0.25) is 10.1 Å². The average molecular weight is 328 g/mol. The minimum Gasteiger partial charge on any atom is -0.478 e. The molecule has 1 N–H and O–H groups in total. The molecule has 8 heteroatoms. The van der Waals surface area contributed by atoms with E-state index >= 15 is 0 Å². The quantitative estimate of drug-likeness (QED) is 0.664. The zero-order valence-electron chi connectivity index (χ0n) is 10.2. The predicted molar refractivity (Wildman–Crippen MR) is 76.6 cm³/mol. The number of halogens is 2. The first-order valence-electron chi connectivity index (χ1n) is 5.52. The molecule has 2 aromatic rings. The van der Waals surface area contributed by atoms with Crippen molar-refractivity contribution in [3.8, 4) is 11.5 Å². The summed E-state index contributed by atoms with van der Waals surface area (Å²) in [6.45, 7) is 0. The highest BCUT2D eigenvalue weighted by molar-refractivity contribution is 6.34. The number of hydrogen-bond acceptors (Lipinski definition) is 4. The summed E-state index contributed by atoms with van der Waals surface area (Å²) >= 11 is 11.6. The SMILES string of the molecule is O=C(O)c1cc([N+](=O)[O-])ccc1Oc1cc(Cl)cc(Cl)c1. The van der Waals surface area contributed by atoms with Crippen molar-refractivity contribution in [3.63, 3.8) is 0 Å². The van der Waals surface area contributed by atoms with Crippen molar-refractivity contribution in [2.75, 3.05) is 0 Å². The van der Waals surface area contributed by atoms with Gasteiger partial charge in [0, 0.05) is 22.2 Å². The molecular weight excluding hydrogens is 321 g/mol. The summed E-state index contributed by atoms with van der Waals surface area (Å²) < 4.78 is 5.39. The van der Waals surface area contributed by atoms with Crippen LogP contribution in [0.1, 0.15) is 10.4 Å². The Morgan fingerprint density at radius 1 is 1.14 bits per heavy atom. The molecule has 0 aliphatic rings. The zero-order chi connectivity index (χ0) is 15.6. The van der Waals surface area contributed by atoms with Crippen molar-refractivity contribution in [3.05, 3.63) is 62.1 Å². The summed E-state index contributed by atoms with van der Waals surface area (Å²) in [5.41, 5.74) is -0.677. The first kappa shape index (κ1) is 15.1. The molecule has 0 aliphatic heterocycles. The normalized spacial score (nSPS) is 10.2. The summed E-state index contributed by atoms with van der Waals surface area (Å²) in [6.07, 6.45) is 0. The fraction of sp³-hybridized carbons (Fsp3) is 0. The van der Waals surface area contributed by atoms with E-state index in [1.165, 1.54) is 24.3 Å². The number of rotatable bonds is 4. The maximum Gasteiger partial charge on any atom is 0.339 e. The Morgan fingerprint density at radius 2 is 1.76 bits per heavy atom. The Bertz CT molecular complexity index is 712. The Balaban J connectivity index is 2.43. The van der Waals surface area contributed by atoms with E-state index in [1.807, 2.05) is 0 Å². The third-order valence-corrected chi connectivity index (χ3v) is 2.90. The van der Waals surface area contributed by atoms with Gasteiger partial charge in [-0.05, 0) is 24.3 Å². The van der Waals surface area contributed by atoms with Crippen LogP contribution in [0.15, 0.2) is 36.4 Å². The second-order valence-electron chi connectivity index (χ2n) is 3.95. The van der Waals surface area contributed by atoms with E-state index in [0.29, 0.717) is 10.0 Å². The lowest BCUT2D eigenvalue weighted by Crippen LogP contribution is -2.01. The van der Waals surface area contributed by atoms with Crippen molar-refractivity contribution < 1.29 is 19.6 Å². The first-order valence-corrected chi connectivity index (χ1v) is 6.28. The van der Waals surface area contributed by atoms with E-state index in [9.17, 15) is 14.9 Å². The molecule has 21 heavy (non-hydrogen) atoms. The van der Waals surface area contributed by atoms with E-state index in [-0.39, 0.29) is 22.7 Å². The van der Waals surface area contributed by atoms with Crippen LogP contribution in [0, 0.1) is 10.1 Å². The fourth-order valence-electron chi connectivity index (χ4n) is 1.60. The van der Waals surface area contributed by atoms with Crippen LogP contribution in [0.5, 0.6) is 11.5 Å². The molecule has 0 radical (unpaired) electrons. The molecule has 0 saturated carbocycles. The number of aromatic carboxylic acids is 1. The lowest BCUT2D eigenvalue weighted by molar-refractivity contribution is -0.384. The van der Waals surface area contributed by atoms with E-state index < -0.39 is 10.9 Å². The second-order valence-corrected chi connectivity index (χ2v) is 4.82. The Kier molecular flexibility index (Phi) is 4.30. The van der Waals surface area contributed by atoms with Gasteiger partial charge in [-0.1, -0.05) is 23.2 Å². The van der Waals surface area contributed by atoms with Gasteiger partial charge in [0.2, 0.25) is 0 Å². The van der Waals surface area contributed by atoms with Crippen molar-refractivity contribution in [1.82, 2.24) is 0 Å². The van der Waals surface area contributed by atoms with E-state index in [2.05, 4.69) is 0 Å². The maximum absolute atomic E-state index is 11.2. The number of nitro groups is 1. The lowest BCUT2D eigenvalue weighted by atomic mass is 10.2. The summed E-state index contributed by atoms with van der Waals surface area (Å²) in [6, 6.07) is 7.65. The van der Waals surface area contributed by atoms with Crippen LogP contribution >= 0.6 is 23.2 Å². The van der Waals surface area contributed by atoms with Crippen LogP contribution in [0.2, 0.25) is 10.0 Å². The third-order valence-electron chi connectivity index (χ3n) is 2.47. The molecule has 0 spiro atoms. The van der Waals surface area contributed by atoms with Gasteiger partial charge in [0.1, 0.15) is 17.1 Å². The summed E-state index contributed by atoms with van der Waals surface area (Å²) in [4.78, 5) is 21.1. The number of nitrogens with zero attached hydrogens (tertiary/aromatic N) is 1. The van der Waals surface area contributed by atoms with Gasteiger partial charge in [-0.15, -0.1) is 0 Å². The number of non-ortho nitro benzene ring substituents is 1. The molecule has 6 nitrogen and oxygen atoms in total. The molecule has 0 amide bonds. The van der Waals surface area contributed by atoms with Crippen LogP contribution in [0.25, 0.3) is 0 Å². The number of carboxylic acids is 1. The first-order chi connectivity index (χ1) is 9.86. The smallest absolute Gasteiger partial charge is 0.339 e. The Labute approximate surface area is 128 Å². The standard InChI is InChI=1S/C13H7Cl2NO5/c14-7-3-8(15)5-10(4-7)21-12-2-1-9(16(19)20)6-11(12)13(17)18/h1-6H,(H,17,18). The minimum atomic E-state index is -1.35. The van der Waals surface area contributed by atoms with E-state index in [1.54, 1.807) is 0 Å². The highest BCUT2D eigenvalue weighted by atomic mass is 35.5. The number of carboxylic acid groups (broad SMARTS) is 1. The molecule has 0 saturated heterocycles. The zero-order valence-corrected chi connectivity index (χ0v) is 11.8. The van der Waals surface area contributed by atoms with Gasteiger partial charge < -0.3 is 9.84 Å². The molecule has 0 aromatic heterocycles.